The Bertz CT molecular complexity index is 431. The van der Waals surface area contributed by atoms with Crippen LogP contribution >= 0.6 is 0 Å². The molecule has 0 spiro atoms. The van der Waals surface area contributed by atoms with Crippen molar-refractivity contribution in [1.29, 1.82) is 0 Å². The number of carbonyl (C=O) groups is 1. The number of para-hydroxylation sites is 1. The van der Waals surface area contributed by atoms with Crippen LogP contribution in [0, 0.1) is 5.92 Å². The third kappa shape index (κ3) is 2.64. The molecule has 1 aromatic rings. The number of rotatable bonds is 3. The zero-order valence-corrected chi connectivity index (χ0v) is 10.8. The molecule has 1 saturated heterocycles. The molecular weight excluding hydrogens is 226 g/mol. The fraction of sp³-hybridized carbons (Fsp3) is 0.500. The zero-order valence-electron chi connectivity index (χ0n) is 10.8. The number of benzene rings is 1. The van der Waals surface area contributed by atoms with E-state index in [4.69, 9.17) is 11.5 Å². The van der Waals surface area contributed by atoms with Gasteiger partial charge in [0.2, 0.25) is 5.91 Å². The summed E-state index contributed by atoms with van der Waals surface area (Å²) in [4.78, 5) is 13.6. The van der Waals surface area contributed by atoms with Crippen LogP contribution < -0.4 is 16.4 Å². The highest BCUT2D eigenvalue weighted by atomic mass is 16.1. The summed E-state index contributed by atoms with van der Waals surface area (Å²) in [5.41, 5.74) is 13.7. The Hall–Kier alpha value is -1.55. The lowest BCUT2D eigenvalue weighted by Gasteiger charge is -2.34. The molecule has 1 amide bonds. The molecule has 4 nitrogen and oxygen atoms in total. The Morgan fingerprint density at radius 2 is 2.17 bits per heavy atom. The van der Waals surface area contributed by atoms with E-state index >= 15 is 0 Å². The molecule has 0 aromatic heterocycles. The highest BCUT2D eigenvalue weighted by Crippen LogP contribution is 2.29. The molecule has 0 radical (unpaired) electrons. The molecule has 1 heterocycles. The summed E-state index contributed by atoms with van der Waals surface area (Å²) in [5.74, 6) is -0.238. The van der Waals surface area contributed by atoms with Crippen LogP contribution in [-0.4, -0.2) is 19.0 Å². The monoisotopic (exact) mass is 247 g/mol. The van der Waals surface area contributed by atoms with Gasteiger partial charge in [0.05, 0.1) is 5.92 Å². The van der Waals surface area contributed by atoms with Crippen LogP contribution in [0.25, 0.3) is 0 Å². The number of nitrogens with zero attached hydrogens (tertiary/aromatic N) is 1. The number of piperidine rings is 1. The van der Waals surface area contributed by atoms with Gasteiger partial charge >= 0.3 is 0 Å². The number of primary amides is 1. The predicted octanol–water partition coefficient (Wildman–Crippen LogP) is 1.41. The first-order valence-corrected chi connectivity index (χ1v) is 6.48. The summed E-state index contributed by atoms with van der Waals surface area (Å²) in [6, 6.07) is 8.12. The molecule has 0 bridgehead atoms. The number of hydrogen-bond acceptors (Lipinski definition) is 3. The third-order valence-electron chi connectivity index (χ3n) is 3.59. The summed E-state index contributed by atoms with van der Waals surface area (Å²) >= 11 is 0. The van der Waals surface area contributed by atoms with Crippen molar-refractivity contribution in [3.63, 3.8) is 0 Å². The number of carbonyl (C=O) groups excluding carboxylic acids is 1. The van der Waals surface area contributed by atoms with E-state index in [0.717, 1.165) is 30.6 Å². The van der Waals surface area contributed by atoms with Gasteiger partial charge in [-0.05, 0) is 31.4 Å². The van der Waals surface area contributed by atoms with Crippen LogP contribution in [0.4, 0.5) is 5.69 Å². The maximum atomic E-state index is 11.3. The van der Waals surface area contributed by atoms with Crippen LogP contribution in [0.3, 0.4) is 0 Å². The molecule has 1 aliphatic heterocycles. The molecule has 0 aliphatic carbocycles. The van der Waals surface area contributed by atoms with Crippen molar-refractivity contribution in [2.45, 2.75) is 25.8 Å². The minimum Gasteiger partial charge on any atom is -0.370 e. The van der Waals surface area contributed by atoms with Crippen molar-refractivity contribution in [2.75, 3.05) is 18.0 Å². The van der Waals surface area contributed by atoms with Crippen LogP contribution in [0.5, 0.6) is 0 Å². The molecule has 2 atom stereocenters. The quantitative estimate of drug-likeness (QED) is 0.848. The SMILES string of the molecule is C[C@@H](N)c1ccccc1N1CCCC(C(N)=O)C1. The minimum atomic E-state index is -0.196. The van der Waals surface area contributed by atoms with Crippen LogP contribution in [0.1, 0.15) is 31.4 Å². The fourth-order valence-electron chi connectivity index (χ4n) is 2.59. The van der Waals surface area contributed by atoms with Gasteiger partial charge in [-0.3, -0.25) is 4.79 Å². The van der Waals surface area contributed by atoms with Gasteiger partial charge in [-0.15, -0.1) is 0 Å². The number of nitrogens with two attached hydrogens (primary N) is 2. The zero-order chi connectivity index (χ0) is 13.1. The van der Waals surface area contributed by atoms with Gasteiger partial charge in [-0.1, -0.05) is 18.2 Å². The van der Waals surface area contributed by atoms with E-state index in [0.29, 0.717) is 6.54 Å². The Morgan fingerprint density at radius 1 is 1.44 bits per heavy atom. The molecule has 4 heteroatoms. The van der Waals surface area contributed by atoms with Crippen LogP contribution in [0.15, 0.2) is 24.3 Å². The second-order valence-corrected chi connectivity index (χ2v) is 5.04. The van der Waals surface area contributed by atoms with E-state index in [1.807, 2.05) is 25.1 Å². The summed E-state index contributed by atoms with van der Waals surface area (Å²) in [5, 5.41) is 0. The van der Waals surface area contributed by atoms with E-state index in [1.165, 1.54) is 0 Å². The summed E-state index contributed by atoms with van der Waals surface area (Å²) in [6.45, 7) is 3.65. The van der Waals surface area contributed by atoms with Gasteiger partial charge in [-0.25, -0.2) is 0 Å². The lowest BCUT2D eigenvalue weighted by Crippen LogP contribution is -2.41. The Balaban J connectivity index is 2.23. The molecule has 4 N–H and O–H groups in total. The Kier molecular flexibility index (Phi) is 3.87. The molecule has 2 rings (SSSR count). The number of hydrogen-bond donors (Lipinski definition) is 2. The standard InChI is InChI=1S/C14H21N3O/c1-10(15)12-6-2-3-7-13(12)17-8-4-5-11(9-17)14(16)18/h2-3,6-7,10-11H,4-5,8-9,15H2,1H3,(H2,16,18)/t10-,11?/m1/s1. The van der Waals surface area contributed by atoms with Crippen LogP contribution in [0.2, 0.25) is 0 Å². The summed E-state index contributed by atoms with van der Waals surface area (Å²) in [6.07, 6.45) is 1.90. The van der Waals surface area contributed by atoms with Gasteiger partial charge < -0.3 is 16.4 Å². The van der Waals surface area contributed by atoms with Gasteiger partial charge in [0.1, 0.15) is 0 Å². The van der Waals surface area contributed by atoms with Crippen molar-refractivity contribution in [3.8, 4) is 0 Å². The maximum absolute atomic E-state index is 11.3. The van der Waals surface area contributed by atoms with E-state index in [1.54, 1.807) is 0 Å². The lowest BCUT2D eigenvalue weighted by molar-refractivity contribution is -0.122. The third-order valence-corrected chi connectivity index (χ3v) is 3.59. The normalized spacial score (nSPS) is 21.7. The van der Waals surface area contributed by atoms with Crippen molar-refractivity contribution in [1.82, 2.24) is 0 Å². The van der Waals surface area contributed by atoms with Crippen molar-refractivity contribution < 1.29 is 4.79 Å². The van der Waals surface area contributed by atoms with Crippen molar-refractivity contribution in [3.05, 3.63) is 29.8 Å². The second kappa shape index (κ2) is 5.40. The van der Waals surface area contributed by atoms with E-state index in [-0.39, 0.29) is 17.9 Å². The molecule has 98 valence electrons. The first-order valence-electron chi connectivity index (χ1n) is 6.48. The summed E-state index contributed by atoms with van der Waals surface area (Å²) < 4.78 is 0. The largest absolute Gasteiger partial charge is 0.370 e. The first kappa shape index (κ1) is 12.9. The van der Waals surface area contributed by atoms with Crippen LogP contribution in [-0.2, 0) is 4.79 Å². The molecule has 1 aromatic carbocycles. The molecule has 1 fully saturated rings. The highest BCUT2D eigenvalue weighted by molar-refractivity contribution is 5.77. The minimum absolute atomic E-state index is 0.00449. The molecular formula is C14H21N3O. The number of amides is 1. The van der Waals surface area contributed by atoms with Crippen molar-refractivity contribution >= 4 is 11.6 Å². The lowest BCUT2D eigenvalue weighted by atomic mass is 9.95. The van der Waals surface area contributed by atoms with Gasteiger partial charge in [0.25, 0.3) is 0 Å². The van der Waals surface area contributed by atoms with Crippen molar-refractivity contribution in [2.24, 2.45) is 17.4 Å². The van der Waals surface area contributed by atoms with Gasteiger partial charge in [0.15, 0.2) is 0 Å². The van der Waals surface area contributed by atoms with Gasteiger partial charge in [-0.2, -0.15) is 0 Å². The molecule has 0 saturated carbocycles. The van der Waals surface area contributed by atoms with E-state index in [9.17, 15) is 4.79 Å². The molecule has 1 aliphatic rings. The Labute approximate surface area is 108 Å². The van der Waals surface area contributed by atoms with E-state index in [2.05, 4.69) is 11.0 Å². The Morgan fingerprint density at radius 3 is 2.83 bits per heavy atom. The fourth-order valence-corrected chi connectivity index (χ4v) is 2.59. The first-order chi connectivity index (χ1) is 8.59. The topological polar surface area (TPSA) is 72.3 Å². The smallest absolute Gasteiger partial charge is 0.222 e. The maximum Gasteiger partial charge on any atom is 0.222 e. The highest BCUT2D eigenvalue weighted by Gasteiger charge is 2.25. The predicted molar refractivity (Wildman–Crippen MR) is 73.2 cm³/mol. The van der Waals surface area contributed by atoms with E-state index < -0.39 is 0 Å². The second-order valence-electron chi connectivity index (χ2n) is 5.04. The average Bonchev–Trinajstić information content (AvgIpc) is 2.39. The number of anilines is 1. The summed E-state index contributed by atoms with van der Waals surface area (Å²) in [7, 11) is 0. The molecule has 1 unspecified atom stereocenters. The van der Waals surface area contributed by atoms with Gasteiger partial charge in [0, 0.05) is 24.8 Å². The average molecular weight is 247 g/mol. The molecule has 18 heavy (non-hydrogen) atoms.